The van der Waals surface area contributed by atoms with Gasteiger partial charge in [-0.05, 0) is 32.0 Å². The molecule has 2 amide bonds. The van der Waals surface area contributed by atoms with Crippen LogP contribution in [0.4, 0.5) is 10.9 Å². The normalized spacial score (nSPS) is 19.3. The van der Waals surface area contributed by atoms with Crippen LogP contribution < -0.4 is 15.5 Å². The van der Waals surface area contributed by atoms with Crippen molar-refractivity contribution in [3.8, 4) is 11.4 Å². The van der Waals surface area contributed by atoms with Crippen molar-refractivity contribution in [2.24, 2.45) is 0 Å². The monoisotopic (exact) mass is 548 g/mol. The van der Waals surface area contributed by atoms with Crippen molar-refractivity contribution in [1.29, 1.82) is 0 Å². The van der Waals surface area contributed by atoms with E-state index in [0.29, 0.717) is 16.5 Å². The van der Waals surface area contributed by atoms with Crippen LogP contribution in [0.5, 0.6) is 0 Å². The van der Waals surface area contributed by atoms with Gasteiger partial charge in [0.15, 0.2) is 5.13 Å². The second kappa shape index (κ2) is 11.9. The Hall–Kier alpha value is -3.17. The smallest absolute Gasteiger partial charge is 0.265 e. The first-order valence-electron chi connectivity index (χ1n) is 11.5. The minimum Gasteiger partial charge on any atom is -0.382 e. The van der Waals surface area contributed by atoms with E-state index in [4.69, 9.17) is 19.0 Å². The number of carbonyl (C=O) groups is 2. The molecule has 0 saturated carbocycles. The fourth-order valence-electron chi connectivity index (χ4n) is 3.95. The van der Waals surface area contributed by atoms with Gasteiger partial charge in [0.2, 0.25) is 0 Å². The first kappa shape index (κ1) is 26.9. The Morgan fingerprint density at radius 2 is 2.00 bits per heavy atom. The van der Waals surface area contributed by atoms with E-state index >= 15 is 0 Å². The first-order valence-corrected chi connectivity index (χ1v) is 13.4. The van der Waals surface area contributed by atoms with Gasteiger partial charge in [-0.3, -0.25) is 18.1 Å². The third-order valence-electron chi connectivity index (χ3n) is 5.54. The number of aromatic nitrogens is 3. The predicted octanol–water partition coefficient (Wildman–Crippen LogP) is 1.99. The summed E-state index contributed by atoms with van der Waals surface area (Å²) in [7, 11) is 1.41. The molecule has 3 aromatic rings. The van der Waals surface area contributed by atoms with Crippen molar-refractivity contribution < 1.29 is 27.8 Å². The molecule has 4 heterocycles. The summed E-state index contributed by atoms with van der Waals surface area (Å²) in [4.78, 5) is 36.9. The van der Waals surface area contributed by atoms with Crippen LogP contribution in [0.15, 0.2) is 42.0 Å². The molecule has 12 nitrogen and oxygen atoms in total. The Balaban J connectivity index is 1.42. The second-order valence-electron chi connectivity index (χ2n) is 8.54. The lowest BCUT2D eigenvalue weighted by Gasteiger charge is -2.36. The van der Waals surface area contributed by atoms with Gasteiger partial charge in [-0.15, -0.1) is 11.3 Å². The predicted molar refractivity (Wildman–Crippen MR) is 140 cm³/mol. The van der Waals surface area contributed by atoms with E-state index in [0.717, 1.165) is 22.9 Å². The fourth-order valence-corrected chi connectivity index (χ4v) is 5.02. The summed E-state index contributed by atoms with van der Waals surface area (Å²) in [5.41, 5.74) is 1.42. The molecular formula is C23H28N6O6S2. The number of rotatable bonds is 9. The highest BCUT2D eigenvalue weighted by Gasteiger charge is 2.25. The van der Waals surface area contributed by atoms with Crippen LogP contribution in [0.1, 0.15) is 24.2 Å². The van der Waals surface area contributed by atoms with Crippen molar-refractivity contribution in [3.05, 3.63) is 47.6 Å². The van der Waals surface area contributed by atoms with Gasteiger partial charge in [-0.25, -0.2) is 14.2 Å². The summed E-state index contributed by atoms with van der Waals surface area (Å²) in [6, 6.07) is 6.09. The van der Waals surface area contributed by atoms with E-state index < -0.39 is 29.1 Å². The van der Waals surface area contributed by atoms with E-state index in [2.05, 4.69) is 20.5 Å². The number of nitrogens with zero attached hydrogens (tertiary/aromatic N) is 4. The highest BCUT2D eigenvalue weighted by molar-refractivity contribution is 7.77. The number of ether oxygens (including phenoxy) is 2. The summed E-state index contributed by atoms with van der Waals surface area (Å²) < 4.78 is 32.1. The molecule has 4 rings (SSSR count). The Labute approximate surface area is 220 Å². The topological polar surface area (TPSA) is 148 Å². The fraction of sp³-hybridized carbons (Fsp3) is 0.391. The molecule has 198 valence electrons. The van der Waals surface area contributed by atoms with Gasteiger partial charge in [-0.1, -0.05) is 6.07 Å². The zero-order valence-corrected chi connectivity index (χ0v) is 22.1. The molecule has 0 radical (unpaired) electrons. The standard InChI is InChI=1S/C23H28N6O6S2/c1-14-9-28(10-15(2)35-14)20-6-4-5-17(24-20)19-13-36-23(26-19)27-22(31)18(12-34-3)25-21(30)16-7-8-29(11-16)37(32)33/h4-8,11,13-15,18H,9-10,12H2,1-3H3,(H,25,30)(H,32,33)(H,26,27,31)/t14-,15+,18-/m0/s1. The zero-order valence-electron chi connectivity index (χ0n) is 20.5. The number of morpholine rings is 1. The zero-order chi connectivity index (χ0) is 26.5. The minimum atomic E-state index is -2.28. The highest BCUT2D eigenvalue weighted by Crippen LogP contribution is 2.26. The average Bonchev–Trinajstić information content (AvgIpc) is 3.54. The molecule has 3 N–H and O–H groups in total. The number of carbonyl (C=O) groups excluding carboxylic acids is 2. The number of hydrogen-bond acceptors (Lipinski definition) is 9. The largest absolute Gasteiger partial charge is 0.382 e. The summed E-state index contributed by atoms with van der Waals surface area (Å²) in [5.74, 6) is -0.270. The van der Waals surface area contributed by atoms with E-state index in [9.17, 15) is 13.8 Å². The summed E-state index contributed by atoms with van der Waals surface area (Å²) in [5, 5.41) is 7.43. The Morgan fingerprint density at radius 3 is 2.68 bits per heavy atom. The third-order valence-corrected chi connectivity index (χ3v) is 6.89. The molecule has 37 heavy (non-hydrogen) atoms. The van der Waals surface area contributed by atoms with Crippen LogP contribution in [-0.4, -0.2) is 79.6 Å². The van der Waals surface area contributed by atoms with Crippen LogP contribution >= 0.6 is 11.3 Å². The minimum absolute atomic E-state index is 0.0809. The van der Waals surface area contributed by atoms with Crippen molar-refractivity contribution >= 4 is 45.4 Å². The quantitative estimate of drug-likeness (QED) is 0.341. The van der Waals surface area contributed by atoms with Crippen molar-refractivity contribution in [1.82, 2.24) is 19.3 Å². The van der Waals surface area contributed by atoms with Crippen molar-refractivity contribution in [2.45, 2.75) is 32.1 Å². The molecular weight excluding hydrogens is 520 g/mol. The Kier molecular flexibility index (Phi) is 8.66. The average molecular weight is 549 g/mol. The molecule has 1 unspecified atom stereocenters. The lowest BCUT2D eigenvalue weighted by molar-refractivity contribution is -0.119. The van der Waals surface area contributed by atoms with Gasteiger partial charge in [0.05, 0.1) is 30.1 Å². The summed E-state index contributed by atoms with van der Waals surface area (Å²) >= 11 is -1.05. The molecule has 0 aliphatic carbocycles. The van der Waals surface area contributed by atoms with Crippen molar-refractivity contribution in [2.75, 3.05) is 37.0 Å². The number of thiazole rings is 1. The van der Waals surface area contributed by atoms with Gasteiger partial charge in [0, 0.05) is 38.0 Å². The molecule has 0 aromatic carbocycles. The SMILES string of the molecule is COC[C@H](NC(=O)c1ccn(S(=O)O)c1)C(=O)Nc1nc(-c2cccc(N3C[C@@H](C)O[C@@H](C)C3)n2)cs1. The summed E-state index contributed by atoms with van der Waals surface area (Å²) in [6.07, 6.45) is 2.71. The first-order chi connectivity index (χ1) is 17.7. The lowest BCUT2D eigenvalue weighted by atomic mass is 10.2. The lowest BCUT2D eigenvalue weighted by Crippen LogP contribution is -2.46. The molecule has 1 fully saturated rings. The van der Waals surface area contributed by atoms with Crippen LogP contribution in [0.25, 0.3) is 11.4 Å². The maximum absolute atomic E-state index is 12.9. The van der Waals surface area contributed by atoms with Gasteiger partial charge in [0.1, 0.15) is 17.6 Å². The van der Waals surface area contributed by atoms with E-state index in [-0.39, 0.29) is 24.4 Å². The number of hydrogen-bond donors (Lipinski definition) is 3. The van der Waals surface area contributed by atoms with Gasteiger partial charge >= 0.3 is 0 Å². The van der Waals surface area contributed by atoms with Crippen LogP contribution in [0.2, 0.25) is 0 Å². The molecule has 4 atom stereocenters. The van der Waals surface area contributed by atoms with E-state index in [1.165, 1.54) is 36.9 Å². The Bertz CT molecular complexity index is 1270. The molecule has 1 saturated heterocycles. The van der Waals surface area contributed by atoms with Crippen LogP contribution in [0.3, 0.4) is 0 Å². The van der Waals surface area contributed by atoms with E-state index in [1.807, 2.05) is 32.0 Å². The van der Waals surface area contributed by atoms with Crippen LogP contribution in [-0.2, 0) is 25.5 Å². The molecule has 3 aromatic heterocycles. The Morgan fingerprint density at radius 1 is 1.24 bits per heavy atom. The molecule has 0 spiro atoms. The number of amides is 2. The van der Waals surface area contributed by atoms with Gasteiger partial charge < -0.3 is 25.0 Å². The van der Waals surface area contributed by atoms with Gasteiger partial charge in [0.25, 0.3) is 23.1 Å². The van der Waals surface area contributed by atoms with Crippen LogP contribution in [0, 0.1) is 0 Å². The molecule has 1 aliphatic rings. The maximum atomic E-state index is 12.9. The third kappa shape index (κ3) is 6.78. The van der Waals surface area contributed by atoms with E-state index in [1.54, 1.807) is 5.38 Å². The molecule has 0 bridgehead atoms. The number of methoxy groups -OCH3 is 1. The second-order valence-corrected chi connectivity index (χ2v) is 10.3. The summed E-state index contributed by atoms with van der Waals surface area (Å²) in [6.45, 7) is 5.48. The number of nitrogens with one attached hydrogen (secondary N) is 2. The molecule has 14 heteroatoms. The molecule has 1 aliphatic heterocycles. The highest BCUT2D eigenvalue weighted by atomic mass is 32.2. The number of anilines is 2. The maximum Gasteiger partial charge on any atom is 0.265 e. The number of pyridine rings is 1. The van der Waals surface area contributed by atoms with Crippen molar-refractivity contribution in [3.63, 3.8) is 0 Å². The van der Waals surface area contributed by atoms with Gasteiger partial charge in [-0.2, -0.15) is 0 Å².